The van der Waals surface area contributed by atoms with E-state index in [1.165, 1.54) is 0 Å². The maximum absolute atomic E-state index is 12.2. The minimum absolute atomic E-state index is 0.289. The van der Waals surface area contributed by atoms with Crippen molar-refractivity contribution in [2.45, 2.75) is 32.6 Å². The number of aryl methyl sites for hydroxylation is 1. The highest BCUT2D eigenvalue weighted by molar-refractivity contribution is 5.96. The lowest BCUT2D eigenvalue weighted by atomic mass is 9.93. The van der Waals surface area contributed by atoms with Gasteiger partial charge in [-0.05, 0) is 44.2 Å². The molecule has 0 unspecified atom stereocenters. The first-order chi connectivity index (χ1) is 9.31. The number of carbonyl (C=O) groups excluding carboxylic acids is 1. The fourth-order valence-electron chi connectivity index (χ4n) is 2.75. The lowest BCUT2D eigenvalue weighted by molar-refractivity contribution is 0.0517. The largest absolute Gasteiger partial charge is 0.493 e. The molecule has 0 N–H and O–H groups in total. The van der Waals surface area contributed by atoms with Crippen LogP contribution in [0.5, 0.6) is 11.5 Å². The lowest BCUT2D eigenvalue weighted by Crippen LogP contribution is -2.20. The fraction of sp³-hybridized carbons (Fsp3) is 0.533. The van der Waals surface area contributed by atoms with Crippen LogP contribution in [-0.4, -0.2) is 25.8 Å². The van der Waals surface area contributed by atoms with Crippen molar-refractivity contribution in [2.75, 3.05) is 19.8 Å². The standard InChI is InChI=1S/C15H18O4/c1-2-17-15(16)13-11-6-4-7-18-12(11)9-10-5-3-8-19-14(10)13/h9H,2-8H2,1H3. The first kappa shape index (κ1) is 12.3. The third kappa shape index (κ3) is 2.15. The first-order valence-corrected chi connectivity index (χ1v) is 6.92. The van der Waals surface area contributed by atoms with Crippen LogP contribution in [0, 0.1) is 0 Å². The van der Waals surface area contributed by atoms with E-state index >= 15 is 0 Å². The third-order valence-electron chi connectivity index (χ3n) is 3.57. The predicted molar refractivity (Wildman–Crippen MR) is 70.0 cm³/mol. The maximum atomic E-state index is 12.2. The van der Waals surface area contributed by atoms with Crippen LogP contribution in [-0.2, 0) is 17.6 Å². The van der Waals surface area contributed by atoms with E-state index in [2.05, 4.69) is 0 Å². The van der Waals surface area contributed by atoms with Crippen molar-refractivity contribution in [1.29, 1.82) is 0 Å². The Balaban J connectivity index is 2.14. The van der Waals surface area contributed by atoms with Gasteiger partial charge in [-0.3, -0.25) is 0 Å². The predicted octanol–water partition coefficient (Wildman–Crippen LogP) is 2.51. The molecule has 1 aromatic carbocycles. The molecule has 0 atom stereocenters. The average molecular weight is 262 g/mol. The van der Waals surface area contributed by atoms with Crippen molar-refractivity contribution < 1.29 is 19.0 Å². The van der Waals surface area contributed by atoms with Crippen LogP contribution in [0.1, 0.15) is 41.3 Å². The van der Waals surface area contributed by atoms with Crippen molar-refractivity contribution in [3.05, 3.63) is 22.8 Å². The number of rotatable bonds is 2. The fourth-order valence-corrected chi connectivity index (χ4v) is 2.75. The highest BCUT2D eigenvalue weighted by Gasteiger charge is 2.28. The third-order valence-corrected chi connectivity index (χ3v) is 3.57. The van der Waals surface area contributed by atoms with E-state index in [1.807, 2.05) is 13.0 Å². The molecule has 19 heavy (non-hydrogen) atoms. The second kappa shape index (κ2) is 5.11. The molecule has 4 nitrogen and oxygen atoms in total. The summed E-state index contributed by atoms with van der Waals surface area (Å²) < 4.78 is 16.6. The van der Waals surface area contributed by atoms with Gasteiger partial charge in [-0.25, -0.2) is 4.79 Å². The van der Waals surface area contributed by atoms with Gasteiger partial charge in [0.1, 0.15) is 17.1 Å². The van der Waals surface area contributed by atoms with Gasteiger partial charge in [0.2, 0.25) is 0 Å². The molecule has 0 spiro atoms. The monoisotopic (exact) mass is 262 g/mol. The zero-order valence-electron chi connectivity index (χ0n) is 11.2. The molecule has 0 aromatic heterocycles. The Morgan fingerprint density at radius 1 is 1.26 bits per heavy atom. The number of ether oxygens (including phenoxy) is 3. The van der Waals surface area contributed by atoms with E-state index in [1.54, 1.807) is 0 Å². The molecule has 0 bridgehead atoms. The Hall–Kier alpha value is -1.71. The molecule has 1 aromatic rings. The molecule has 0 saturated heterocycles. The number of fused-ring (bicyclic) bond motifs is 2. The highest BCUT2D eigenvalue weighted by atomic mass is 16.5. The van der Waals surface area contributed by atoms with Crippen molar-refractivity contribution in [1.82, 2.24) is 0 Å². The molecule has 2 heterocycles. The second-order valence-electron chi connectivity index (χ2n) is 4.84. The summed E-state index contributed by atoms with van der Waals surface area (Å²) in [5.41, 5.74) is 2.61. The molecule has 2 aliphatic rings. The van der Waals surface area contributed by atoms with Crippen LogP contribution in [0.2, 0.25) is 0 Å². The van der Waals surface area contributed by atoms with Crippen molar-refractivity contribution >= 4 is 5.97 Å². The van der Waals surface area contributed by atoms with Crippen molar-refractivity contribution in [3.8, 4) is 11.5 Å². The molecule has 4 heteroatoms. The minimum Gasteiger partial charge on any atom is -0.493 e. The summed E-state index contributed by atoms with van der Waals surface area (Å²) in [5, 5.41) is 0. The summed E-state index contributed by atoms with van der Waals surface area (Å²) in [4.78, 5) is 12.2. The molecular weight excluding hydrogens is 244 g/mol. The van der Waals surface area contributed by atoms with E-state index in [-0.39, 0.29) is 5.97 Å². The van der Waals surface area contributed by atoms with E-state index < -0.39 is 0 Å². The highest BCUT2D eigenvalue weighted by Crippen LogP contribution is 2.40. The van der Waals surface area contributed by atoms with Gasteiger partial charge in [-0.1, -0.05) is 0 Å². The van der Waals surface area contributed by atoms with Gasteiger partial charge >= 0.3 is 5.97 Å². The Morgan fingerprint density at radius 2 is 2.05 bits per heavy atom. The maximum Gasteiger partial charge on any atom is 0.342 e. The molecule has 0 radical (unpaired) electrons. The minimum atomic E-state index is -0.289. The summed E-state index contributed by atoms with van der Waals surface area (Å²) in [6.45, 7) is 3.57. The molecule has 0 amide bonds. The molecule has 0 fully saturated rings. The Morgan fingerprint density at radius 3 is 2.89 bits per heavy atom. The molecule has 0 aliphatic carbocycles. The molecular formula is C15H18O4. The van der Waals surface area contributed by atoms with Crippen LogP contribution < -0.4 is 9.47 Å². The quantitative estimate of drug-likeness (QED) is 0.768. The van der Waals surface area contributed by atoms with Crippen LogP contribution in [0.15, 0.2) is 6.07 Å². The van der Waals surface area contributed by atoms with Gasteiger partial charge in [0.05, 0.1) is 19.8 Å². The summed E-state index contributed by atoms with van der Waals surface area (Å²) in [7, 11) is 0. The van der Waals surface area contributed by atoms with Crippen LogP contribution in [0.4, 0.5) is 0 Å². The zero-order chi connectivity index (χ0) is 13.2. The van der Waals surface area contributed by atoms with Gasteiger partial charge in [-0.15, -0.1) is 0 Å². The Kier molecular flexibility index (Phi) is 3.32. The zero-order valence-corrected chi connectivity index (χ0v) is 11.2. The summed E-state index contributed by atoms with van der Waals surface area (Å²) >= 11 is 0. The van der Waals surface area contributed by atoms with Gasteiger partial charge < -0.3 is 14.2 Å². The first-order valence-electron chi connectivity index (χ1n) is 6.92. The van der Waals surface area contributed by atoms with Crippen LogP contribution in [0.25, 0.3) is 0 Å². The van der Waals surface area contributed by atoms with E-state index in [4.69, 9.17) is 14.2 Å². The van der Waals surface area contributed by atoms with Crippen molar-refractivity contribution in [3.63, 3.8) is 0 Å². The normalized spacial score (nSPS) is 16.7. The Bertz CT molecular complexity index is 473. The van der Waals surface area contributed by atoms with E-state index in [0.29, 0.717) is 24.5 Å². The topological polar surface area (TPSA) is 44.8 Å². The second-order valence-corrected chi connectivity index (χ2v) is 4.84. The van der Waals surface area contributed by atoms with Gasteiger partial charge in [0, 0.05) is 5.56 Å². The molecule has 102 valence electrons. The molecule has 3 rings (SSSR count). The number of benzene rings is 1. The average Bonchev–Trinajstić information content (AvgIpc) is 2.44. The van der Waals surface area contributed by atoms with E-state index in [0.717, 1.165) is 49.2 Å². The van der Waals surface area contributed by atoms with Gasteiger partial charge in [0.25, 0.3) is 0 Å². The number of carbonyl (C=O) groups is 1. The van der Waals surface area contributed by atoms with Gasteiger partial charge in [-0.2, -0.15) is 0 Å². The molecule has 2 aliphatic heterocycles. The summed E-state index contributed by atoms with van der Waals surface area (Å²) in [6.07, 6.45) is 3.69. The number of hydrogen-bond donors (Lipinski definition) is 0. The van der Waals surface area contributed by atoms with Crippen LogP contribution >= 0.6 is 0 Å². The lowest BCUT2D eigenvalue weighted by Gasteiger charge is -2.26. The Labute approximate surface area is 112 Å². The van der Waals surface area contributed by atoms with Gasteiger partial charge in [0.15, 0.2) is 0 Å². The SMILES string of the molecule is CCOC(=O)c1c2c(cc3c1OCCC3)OCCC2. The summed E-state index contributed by atoms with van der Waals surface area (Å²) in [5.74, 6) is 1.26. The summed E-state index contributed by atoms with van der Waals surface area (Å²) in [6, 6.07) is 2.03. The smallest absolute Gasteiger partial charge is 0.342 e. The van der Waals surface area contributed by atoms with Crippen molar-refractivity contribution in [2.24, 2.45) is 0 Å². The van der Waals surface area contributed by atoms with Crippen LogP contribution in [0.3, 0.4) is 0 Å². The van der Waals surface area contributed by atoms with E-state index in [9.17, 15) is 4.79 Å². The number of hydrogen-bond acceptors (Lipinski definition) is 4. The molecule has 0 saturated carbocycles. The number of esters is 1.